The smallest absolute Gasteiger partial charge is 0.360 e. The molecule has 2 heterocycles. The summed E-state index contributed by atoms with van der Waals surface area (Å²) in [4.78, 5) is 11.3. The van der Waals surface area contributed by atoms with E-state index in [-0.39, 0.29) is 11.4 Å². The van der Waals surface area contributed by atoms with Crippen LogP contribution in [0.25, 0.3) is 5.69 Å². The molecule has 0 aliphatic heterocycles. The van der Waals surface area contributed by atoms with Crippen LogP contribution >= 0.6 is 11.3 Å². The molecule has 106 valence electrons. The van der Waals surface area contributed by atoms with E-state index in [1.54, 1.807) is 17.5 Å². The summed E-state index contributed by atoms with van der Waals surface area (Å²) < 4.78 is 7.09. The highest BCUT2D eigenvalue weighted by atomic mass is 32.1. The van der Waals surface area contributed by atoms with E-state index in [2.05, 4.69) is 5.10 Å². The van der Waals surface area contributed by atoms with E-state index >= 15 is 0 Å². The van der Waals surface area contributed by atoms with Crippen molar-refractivity contribution in [1.82, 2.24) is 9.78 Å². The minimum atomic E-state index is -1.11. The number of carboxylic acids is 1. The van der Waals surface area contributed by atoms with Gasteiger partial charge < -0.3 is 9.84 Å². The van der Waals surface area contributed by atoms with E-state index in [0.717, 1.165) is 11.3 Å². The number of carbonyl (C=O) groups is 1. The van der Waals surface area contributed by atoms with Crippen LogP contribution in [-0.2, 0) is 6.61 Å². The number of carboxylic acid groups (broad SMARTS) is 1. The summed E-state index contributed by atoms with van der Waals surface area (Å²) in [6.07, 6.45) is 1.59. The molecule has 1 N–H and O–H groups in total. The third-order valence-electron chi connectivity index (χ3n) is 2.88. The standard InChI is InChI=1S/C15H12N2O3S/c18-15(19)14-13(20-9-11-6-7-21-10-11)8-17(16-14)12-4-2-1-3-5-12/h1-8,10H,9H2,(H,18,19). The summed E-state index contributed by atoms with van der Waals surface area (Å²) in [5.74, 6) is -0.845. The van der Waals surface area contributed by atoms with Crippen LogP contribution in [0.2, 0.25) is 0 Å². The maximum atomic E-state index is 11.3. The molecule has 0 saturated carbocycles. The second kappa shape index (κ2) is 5.80. The molecule has 2 aromatic heterocycles. The Kier molecular flexibility index (Phi) is 3.70. The van der Waals surface area contributed by atoms with Gasteiger partial charge >= 0.3 is 5.97 Å². The first-order valence-corrected chi connectivity index (χ1v) is 7.20. The van der Waals surface area contributed by atoms with Crippen LogP contribution in [0.15, 0.2) is 53.4 Å². The van der Waals surface area contributed by atoms with Crippen LogP contribution in [0.5, 0.6) is 5.75 Å². The molecule has 0 radical (unpaired) electrons. The SMILES string of the molecule is O=C(O)c1nn(-c2ccccc2)cc1OCc1ccsc1. The first-order valence-electron chi connectivity index (χ1n) is 6.26. The molecule has 0 spiro atoms. The second-order valence-electron chi connectivity index (χ2n) is 4.35. The summed E-state index contributed by atoms with van der Waals surface area (Å²) >= 11 is 1.57. The largest absolute Gasteiger partial charge is 0.485 e. The molecule has 21 heavy (non-hydrogen) atoms. The van der Waals surface area contributed by atoms with Gasteiger partial charge in [-0.1, -0.05) is 18.2 Å². The van der Waals surface area contributed by atoms with Gasteiger partial charge in [-0.25, -0.2) is 9.48 Å². The third-order valence-corrected chi connectivity index (χ3v) is 3.61. The van der Waals surface area contributed by atoms with Gasteiger partial charge in [0.2, 0.25) is 5.69 Å². The van der Waals surface area contributed by atoms with E-state index in [1.807, 2.05) is 47.2 Å². The number of rotatable bonds is 5. The Balaban J connectivity index is 1.88. The minimum absolute atomic E-state index is 0.0888. The van der Waals surface area contributed by atoms with Crippen molar-refractivity contribution in [2.75, 3.05) is 0 Å². The van der Waals surface area contributed by atoms with Gasteiger partial charge in [0.1, 0.15) is 6.61 Å². The van der Waals surface area contributed by atoms with Gasteiger partial charge in [-0.15, -0.1) is 0 Å². The Hall–Kier alpha value is -2.60. The Morgan fingerprint density at radius 1 is 1.29 bits per heavy atom. The van der Waals surface area contributed by atoms with Crippen molar-refractivity contribution in [3.8, 4) is 11.4 Å². The summed E-state index contributed by atoms with van der Waals surface area (Å²) in [5.41, 5.74) is 1.70. The summed E-state index contributed by atoms with van der Waals surface area (Å²) in [5, 5.41) is 17.2. The Bertz CT molecular complexity index is 736. The Morgan fingerprint density at radius 2 is 2.10 bits per heavy atom. The molecule has 0 fully saturated rings. The van der Waals surface area contributed by atoms with Gasteiger partial charge in [-0.2, -0.15) is 16.4 Å². The number of thiophene rings is 1. The van der Waals surface area contributed by atoms with Gasteiger partial charge in [0.15, 0.2) is 5.75 Å². The number of hydrogen-bond donors (Lipinski definition) is 1. The normalized spacial score (nSPS) is 10.5. The fraction of sp³-hybridized carbons (Fsp3) is 0.0667. The quantitative estimate of drug-likeness (QED) is 0.786. The average Bonchev–Trinajstić information content (AvgIpc) is 3.15. The molecule has 3 aromatic rings. The molecule has 5 nitrogen and oxygen atoms in total. The van der Waals surface area contributed by atoms with Gasteiger partial charge in [-0.05, 0) is 34.5 Å². The third kappa shape index (κ3) is 2.95. The molecule has 0 saturated heterocycles. The van der Waals surface area contributed by atoms with Crippen LogP contribution in [0.3, 0.4) is 0 Å². The predicted octanol–water partition coefficient (Wildman–Crippen LogP) is 3.21. The zero-order valence-corrected chi connectivity index (χ0v) is 11.8. The fourth-order valence-electron chi connectivity index (χ4n) is 1.86. The number of aromatic carboxylic acids is 1. The maximum Gasteiger partial charge on any atom is 0.360 e. The number of benzene rings is 1. The highest BCUT2D eigenvalue weighted by Gasteiger charge is 2.18. The van der Waals surface area contributed by atoms with Crippen molar-refractivity contribution in [3.05, 3.63) is 64.6 Å². The molecular formula is C15H12N2O3S. The molecule has 3 rings (SSSR count). The van der Waals surface area contributed by atoms with Gasteiger partial charge in [0.05, 0.1) is 11.9 Å². The van der Waals surface area contributed by atoms with E-state index < -0.39 is 5.97 Å². The van der Waals surface area contributed by atoms with Crippen molar-refractivity contribution in [2.45, 2.75) is 6.61 Å². The highest BCUT2D eigenvalue weighted by Crippen LogP contribution is 2.21. The number of aromatic nitrogens is 2. The Labute approximate surface area is 125 Å². The maximum absolute atomic E-state index is 11.3. The second-order valence-corrected chi connectivity index (χ2v) is 5.13. The van der Waals surface area contributed by atoms with Crippen molar-refractivity contribution in [3.63, 3.8) is 0 Å². The number of hydrogen-bond acceptors (Lipinski definition) is 4. The molecule has 0 aliphatic carbocycles. The van der Waals surface area contributed by atoms with E-state index in [4.69, 9.17) is 4.74 Å². The van der Waals surface area contributed by atoms with Gasteiger partial charge in [0.25, 0.3) is 0 Å². The van der Waals surface area contributed by atoms with Gasteiger partial charge in [-0.3, -0.25) is 0 Å². The van der Waals surface area contributed by atoms with E-state index in [9.17, 15) is 9.90 Å². The molecule has 0 atom stereocenters. The molecular weight excluding hydrogens is 288 g/mol. The zero-order chi connectivity index (χ0) is 14.7. The summed E-state index contributed by atoms with van der Waals surface area (Å²) in [7, 11) is 0. The zero-order valence-electron chi connectivity index (χ0n) is 11.0. The molecule has 0 unspecified atom stereocenters. The van der Waals surface area contributed by atoms with E-state index in [0.29, 0.717) is 6.61 Å². The minimum Gasteiger partial charge on any atom is -0.485 e. The lowest BCUT2D eigenvalue weighted by molar-refractivity contribution is 0.0685. The van der Waals surface area contributed by atoms with Crippen molar-refractivity contribution in [1.29, 1.82) is 0 Å². The molecule has 6 heteroatoms. The average molecular weight is 300 g/mol. The lowest BCUT2D eigenvalue weighted by Crippen LogP contribution is -2.03. The fourth-order valence-corrected chi connectivity index (χ4v) is 2.51. The van der Waals surface area contributed by atoms with Crippen molar-refractivity contribution in [2.24, 2.45) is 0 Å². The molecule has 0 aliphatic rings. The number of para-hydroxylation sites is 1. The van der Waals surface area contributed by atoms with E-state index in [1.165, 1.54) is 4.68 Å². The first kappa shape index (κ1) is 13.4. The van der Waals surface area contributed by atoms with Gasteiger partial charge in [0, 0.05) is 0 Å². The molecule has 0 amide bonds. The summed E-state index contributed by atoms with van der Waals surface area (Å²) in [6.45, 7) is 0.324. The van der Waals surface area contributed by atoms with Crippen LogP contribution in [0.1, 0.15) is 16.1 Å². The lowest BCUT2D eigenvalue weighted by atomic mass is 10.3. The van der Waals surface area contributed by atoms with Crippen LogP contribution in [0.4, 0.5) is 0 Å². The predicted molar refractivity (Wildman–Crippen MR) is 79.2 cm³/mol. The van der Waals surface area contributed by atoms with Crippen molar-refractivity contribution < 1.29 is 14.6 Å². The summed E-state index contributed by atoms with van der Waals surface area (Å²) in [6, 6.07) is 11.3. The number of ether oxygens (including phenoxy) is 1. The molecule has 1 aromatic carbocycles. The monoisotopic (exact) mass is 300 g/mol. The topological polar surface area (TPSA) is 64.3 Å². The van der Waals surface area contributed by atoms with Crippen LogP contribution in [-0.4, -0.2) is 20.9 Å². The van der Waals surface area contributed by atoms with Crippen molar-refractivity contribution >= 4 is 17.3 Å². The van der Waals surface area contributed by atoms with Crippen LogP contribution < -0.4 is 4.74 Å². The first-order chi connectivity index (χ1) is 10.2. The lowest BCUT2D eigenvalue weighted by Gasteiger charge is -2.02. The highest BCUT2D eigenvalue weighted by molar-refractivity contribution is 7.07. The number of nitrogens with zero attached hydrogens (tertiary/aromatic N) is 2. The Morgan fingerprint density at radius 3 is 2.76 bits per heavy atom. The molecule has 0 bridgehead atoms. The van der Waals surface area contributed by atoms with Crippen LogP contribution in [0, 0.1) is 0 Å².